The number of unbranched alkanes of at least 4 members (excludes halogenated alkanes) is 3. The number of alkyl carbamates (subject to hydrolysis) is 1. The van der Waals surface area contributed by atoms with Gasteiger partial charge in [0.25, 0.3) is 5.91 Å². The van der Waals surface area contributed by atoms with E-state index in [1.165, 1.54) is 0 Å². The van der Waals surface area contributed by atoms with Crippen molar-refractivity contribution in [3.05, 3.63) is 77.4 Å². The van der Waals surface area contributed by atoms with E-state index in [0.29, 0.717) is 12.2 Å². The van der Waals surface area contributed by atoms with Gasteiger partial charge < -0.3 is 20.3 Å². The van der Waals surface area contributed by atoms with Gasteiger partial charge >= 0.3 is 6.09 Å². The van der Waals surface area contributed by atoms with Crippen LogP contribution in [0.25, 0.3) is 10.8 Å². The first-order chi connectivity index (χ1) is 19.0. The summed E-state index contributed by atoms with van der Waals surface area (Å²) in [7, 11) is 0. The molecule has 40 heavy (non-hydrogen) atoms. The summed E-state index contributed by atoms with van der Waals surface area (Å²) in [5, 5.41) is 7.73. The van der Waals surface area contributed by atoms with E-state index in [1.807, 2.05) is 74.5 Å². The molecule has 7 nitrogen and oxygen atoms in total. The Morgan fingerprint density at radius 2 is 1.62 bits per heavy atom. The summed E-state index contributed by atoms with van der Waals surface area (Å²) >= 11 is 0. The standard InChI is InChI=1S/C33H43N3O4/c1-7-8-9-12-19-36(29(37)22-34-32(39)40-33(4,5)6)30(28-20-23(2)15-16-24(28)3)31(38)35-27-18-17-25-13-10-11-14-26(25)21-27/h10-11,13-18,20-21,30H,7-9,12,19,22H2,1-6H3,(H,34,39)(H,35,38). The van der Waals surface area contributed by atoms with Crippen LogP contribution in [0.2, 0.25) is 0 Å². The predicted molar refractivity (Wildman–Crippen MR) is 161 cm³/mol. The Hall–Kier alpha value is -3.87. The smallest absolute Gasteiger partial charge is 0.408 e. The van der Waals surface area contributed by atoms with Crippen molar-refractivity contribution in [1.82, 2.24) is 10.2 Å². The molecule has 2 N–H and O–H groups in total. The number of ether oxygens (including phenoxy) is 1. The lowest BCUT2D eigenvalue weighted by Gasteiger charge is -2.33. The predicted octanol–water partition coefficient (Wildman–Crippen LogP) is 7.07. The van der Waals surface area contributed by atoms with E-state index in [1.54, 1.807) is 25.7 Å². The van der Waals surface area contributed by atoms with Crippen LogP contribution in [0.4, 0.5) is 10.5 Å². The zero-order chi connectivity index (χ0) is 29.3. The number of nitrogens with zero attached hydrogens (tertiary/aromatic N) is 1. The van der Waals surface area contributed by atoms with Crippen molar-refractivity contribution in [1.29, 1.82) is 0 Å². The number of aryl methyl sites for hydroxylation is 2. The summed E-state index contributed by atoms with van der Waals surface area (Å²) in [6, 6.07) is 18.8. The lowest BCUT2D eigenvalue weighted by atomic mass is 9.96. The molecule has 0 aliphatic carbocycles. The third-order valence-corrected chi connectivity index (χ3v) is 6.66. The molecule has 0 saturated heterocycles. The maximum Gasteiger partial charge on any atom is 0.408 e. The van der Waals surface area contributed by atoms with Crippen molar-refractivity contribution < 1.29 is 19.1 Å². The van der Waals surface area contributed by atoms with Crippen molar-refractivity contribution in [2.45, 2.75) is 78.9 Å². The second-order valence-corrected chi connectivity index (χ2v) is 11.3. The Labute approximate surface area is 238 Å². The number of rotatable bonds is 11. The van der Waals surface area contributed by atoms with Gasteiger partial charge in [-0.2, -0.15) is 0 Å². The van der Waals surface area contributed by atoms with Crippen LogP contribution in [-0.4, -0.2) is 41.5 Å². The van der Waals surface area contributed by atoms with Crippen LogP contribution in [0, 0.1) is 13.8 Å². The quantitative estimate of drug-likeness (QED) is 0.252. The number of anilines is 1. The third kappa shape index (κ3) is 8.83. The highest BCUT2D eigenvalue weighted by molar-refractivity contribution is 6.00. The zero-order valence-electron chi connectivity index (χ0n) is 24.7. The van der Waals surface area contributed by atoms with Crippen molar-refractivity contribution in [3.63, 3.8) is 0 Å². The number of benzene rings is 3. The molecule has 0 saturated carbocycles. The molecule has 0 fully saturated rings. The van der Waals surface area contributed by atoms with Gasteiger partial charge in [0.15, 0.2) is 0 Å². The Balaban J connectivity index is 1.95. The minimum Gasteiger partial charge on any atom is -0.444 e. The van der Waals surface area contributed by atoms with Gasteiger partial charge in [0.2, 0.25) is 5.91 Å². The summed E-state index contributed by atoms with van der Waals surface area (Å²) in [5.41, 5.74) is 2.64. The fourth-order valence-electron chi connectivity index (χ4n) is 4.65. The van der Waals surface area contributed by atoms with Gasteiger partial charge in [-0.25, -0.2) is 4.79 Å². The first kappa shape index (κ1) is 30.7. The second-order valence-electron chi connectivity index (χ2n) is 11.3. The van der Waals surface area contributed by atoms with E-state index >= 15 is 0 Å². The van der Waals surface area contributed by atoms with Gasteiger partial charge in [0.05, 0.1) is 0 Å². The molecular formula is C33H43N3O4. The number of carbonyl (C=O) groups excluding carboxylic acids is 3. The first-order valence-corrected chi connectivity index (χ1v) is 14.1. The Bertz CT molecular complexity index is 1330. The molecule has 0 heterocycles. The van der Waals surface area contributed by atoms with Crippen LogP contribution in [0.3, 0.4) is 0 Å². The normalized spacial score (nSPS) is 12.1. The molecule has 0 aliphatic rings. The number of hydrogen-bond donors (Lipinski definition) is 2. The average molecular weight is 546 g/mol. The molecule has 3 rings (SSSR count). The van der Waals surface area contributed by atoms with E-state index in [0.717, 1.165) is 53.1 Å². The molecule has 214 valence electrons. The molecule has 0 aromatic heterocycles. The van der Waals surface area contributed by atoms with Gasteiger partial charge in [-0.1, -0.05) is 80.3 Å². The second kappa shape index (κ2) is 14.0. The summed E-state index contributed by atoms with van der Waals surface area (Å²) in [4.78, 5) is 41.7. The summed E-state index contributed by atoms with van der Waals surface area (Å²) in [6.07, 6.45) is 3.10. The van der Waals surface area contributed by atoms with Crippen molar-refractivity contribution in [3.8, 4) is 0 Å². The largest absolute Gasteiger partial charge is 0.444 e. The molecule has 7 heteroatoms. The van der Waals surface area contributed by atoms with Crippen molar-refractivity contribution in [2.24, 2.45) is 0 Å². The maximum atomic E-state index is 14.1. The maximum absolute atomic E-state index is 14.1. The average Bonchev–Trinajstić information content (AvgIpc) is 2.89. The molecule has 0 aliphatic heterocycles. The molecule has 1 unspecified atom stereocenters. The summed E-state index contributed by atoms with van der Waals surface area (Å²) < 4.78 is 5.32. The molecule has 0 bridgehead atoms. The molecule has 3 aromatic rings. The fraction of sp³-hybridized carbons (Fsp3) is 0.424. The Morgan fingerprint density at radius 3 is 2.33 bits per heavy atom. The van der Waals surface area contributed by atoms with Gasteiger partial charge in [0.1, 0.15) is 18.2 Å². The lowest BCUT2D eigenvalue weighted by Crippen LogP contribution is -2.47. The van der Waals surface area contributed by atoms with Crippen LogP contribution in [-0.2, 0) is 14.3 Å². The van der Waals surface area contributed by atoms with Gasteiger partial charge in [0, 0.05) is 12.2 Å². The highest BCUT2D eigenvalue weighted by atomic mass is 16.6. The number of hydrogen-bond acceptors (Lipinski definition) is 4. The minimum absolute atomic E-state index is 0.271. The van der Waals surface area contributed by atoms with Crippen LogP contribution < -0.4 is 10.6 Å². The number of nitrogens with one attached hydrogen (secondary N) is 2. The van der Waals surface area contributed by atoms with Crippen LogP contribution in [0.15, 0.2) is 60.7 Å². The topological polar surface area (TPSA) is 87.7 Å². The molecule has 0 radical (unpaired) electrons. The van der Waals surface area contributed by atoms with Crippen LogP contribution in [0.5, 0.6) is 0 Å². The lowest BCUT2D eigenvalue weighted by molar-refractivity contribution is -0.138. The van der Waals surface area contributed by atoms with E-state index < -0.39 is 17.7 Å². The minimum atomic E-state index is -0.874. The third-order valence-electron chi connectivity index (χ3n) is 6.66. The monoisotopic (exact) mass is 545 g/mol. The van der Waals surface area contributed by atoms with Gasteiger partial charge in [-0.3, -0.25) is 9.59 Å². The van der Waals surface area contributed by atoms with Gasteiger partial charge in [-0.05, 0) is 75.1 Å². The fourth-order valence-corrected chi connectivity index (χ4v) is 4.65. The summed E-state index contributed by atoms with van der Waals surface area (Å²) in [6.45, 7) is 11.5. The number of amides is 3. The number of carbonyl (C=O) groups is 3. The van der Waals surface area contributed by atoms with E-state index in [4.69, 9.17) is 4.74 Å². The van der Waals surface area contributed by atoms with E-state index in [9.17, 15) is 14.4 Å². The first-order valence-electron chi connectivity index (χ1n) is 14.1. The van der Waals surface area contributed by atoms with E-state index in [2.05, 4.69) is 17.6 Å². The number of fused-ring (bicyclic) bond motifs is 1. The van der Waals surface area contributed by atoms with Crippen molar-refractivity contribution in [2.75, 3.05) is 18.4 Å². The highest BCUT2D eigenvalue weighted by Gasteiger charge is 2.33. The molecule has 3 amide bonds. The molecule has 0 spiro atoms. The Kier molecular flexibility index (Phi) is 10.7. The molecule has 3 aromatic carbocycles. The Morgan fingerprint density at radius 1 is 0.900 bits per heavy atom. The highest BCUT2D eigenvalue weighted by Crippen LogP contribution is 2.29. The van der Waals surface area contributed by atoms with E-state index in [-0.39, 0.29) is 18.4 Å². The summed E-state index contributed by atoms with van der Waals surface area (Å²) in [5.74, 6) is -0.646. The SMILES string of the molecule is CCCCCCN(C(=O)CNC(=O)OC(C)(C)C)C(C(=O)Nc1ccc2ccccc2c1)c1cc(C)ccc1C. The molecule has 1 atom stereocenters. The van der Waals surface area contributed by atoms with Crippen LogP contribution in [0.1, 0.15) is 76.1 Å². The zero-order valence-corrected chi connectivity index (χ0v) is 24.7. The molecular weight excluding hydrogens is 502 g/mol. The van der Waals surface area contributed by atoms with Crippen molar-refractivity contribution >= 4 is 34.4 Å². The van der Waals surface area contributed by atoms with Crippen LogP contribution >= 0.6 is 0 Å². The van der Waals surface area contributed by atoms with Gasteiger partial charge in [-0.15, -0.1) is 0 Å².